The number of nitrogens with zero attached hydrogens (tertiary/aromatic N) is 2. The van der Waals surface area contributed by atoms with Crippen molar-refractivity contribution in [2.24, 2.45) is 5.92 Å². The number of amides is 2. The summed E-state index contributed by atoms with van der Waals surface area (Å²) in [6.07, 6.45) is 8.43. The van der Waals surface area contributed by atoms with Crippen molar-refractivity contribution in [1.29, 1.82) is 0 Å². The summed E-state index contributed by atoms with van der Waals surface area (Å²) in [5.74, 6) is 0.626. The first-order chi connectivity index (χ1) is 21.6. The minimum Gasteiger partial charge on any atom is -0.381 e. The normalized spacial score (nSPS) is 20.5. The molecular formula is C36H48N4O3S. The van der Waals surface area contributed by atoms with E-state index >= 15 is 0 Å². The molecule has 8 heteroatoms. The molecule has 0 unspecified atom stereocenters. The van der Waals surface area contributed by atoms with Crippen LogP contribution in [0.1, 0.15) is 66.6 Å². The van der Waals surface area contributed by atoms with Gasteiger partial charge in [0.05, 0.1) is 4.88 Å². The molecule has 0 radical (unpaired) electrons. The highest BCUT2D eigenvalue weighted by atomic mass is 32.1. The number of carbonyl (C=O) groups is 2. The van der Waals surface area contributed by atoms with Crippen LogP contribution >= 0.6 is 11.3 Å². The SMILES string of the molecule is O=C(NC1(C(=O)N[C@@H](CCCN2CCN(CC3CCOCC3)CC2)Cc2ccccc2)CCCC1)c1cc2ccccc2s1. The van der Waals surface area contributed by atoms with Gasteiger partial charge in [-0.25, -0.2) is 0 Å². The molecule has 236 valence electrons. The number of ether oxygens (including phenoxy) is 1. The van der Waals surface area contributed by atoms with Crippen LogP contribution in [0.25, 0.3) is 10.1 Å². The van der Waals surface area contributed by atoms with Crippen molar-refractivity contribution < 1.29 is 14.3 Å². The first-order valence-electron chi connectivity index (χ1n) is 16.7. The lowest BCUT2D eigenvalue weighted by atomic mass is 9.94. The van der Waals surface area contributed by atoms with Gasteiger partial charge in [-0.1, -0.05) is 61.4 Å². The number of carbonyl (C=O) groups excluding carboxylic acids is 2. The van der Waals surface area contributed by atoms with E-state index in [9.17, 15) is 9.59 Å². The van der Waals surface area contributed by atoms with Crippen LogP contribution in [0.3, 0.4) is 0 Å². The highest BCUT2D eigenvalue weighted by Gasteiger charge is 2.43. The van der Waals surface area contributed by atoms with Crippen molar-refractivity contribution in [3.8, 4) is 0 Å². The third-order valence-corrected chi connectivity index (χ3v) is 11.0. The van der Waals surface area contributed by atoms with Gasteiger partial charge < -0.3 is 25.2 Å². The largest absolute Gasteiger partial charge is 0.381 e. The Morgan fingerprint density at radius 2 is 1.64 bits per heavy atom. The number of benzene rings is 2. The minimum absolute atomic E-state index is 0.0212. The average Bonchev–Trinajstić information content (AvgIpc) is 3.71. The second-order valence-corrected chi connectivity index (χ2v) is 14.2. The van der Waals surface area contributed by atoms with Gasteiger partial charge in [0.1, 0.15) is 5.54 Å². The first-order valence-corrected chi connectivity index (χ1v) is 17.6. The van der Waals surface area contributed by atoms with Crippen molar-refractivity contribution >= 4 is 33.2 Å². The van der Waals surface area contributed by atoms with Crippen LogP contribution in [0.15, 0.2) is 60.7 Å². The highest BCUT2D eigenvalue weighted by molar-refractivity contribution is 7.20. The van der Waals surface area contributed by atoms with Crippen LogP contribution in [-0.4, -0.2) is 85.7 Å². The molecule has 0 bridgehead atoms. The number of piperazine rings is 1. The van der Waals surface area contributed by atoms with Crippen LogP contribution in [0, 0.1) is 5.92 Å². The third kappa shape index (κ3) is 8.08. The van der Waals surface area contributed by atoms with Crippen molar-refractivity contribution in [3.63, 3.8) is 0 Å². The lowest BCUT2D eigenvalue weighted by molar-refractivity contribution is -0.128. The molecule has 1 aromatic heterocycles. The molecule has 7 nitrogen and oxygen atoms in total. The predicted octanol–water partition coefficient (Wildman–Crippen LogP) is 5.50. The molecule has 2 N–H and O–H groups in total. The maximum absolute atomic E-state index is 14.0. The van der Waals surface area contributed by atoms with E-state index in [4.69, 9.17) is 4.74 Å². The number of hydrogen-bond acceptors (Lipinski definition) is 6. The number of rotatable bonds is 12. The average molecular weight is 617 g/mol. The molecule has 6 rings (SSSR count). The summed E-state index contributed by atoms with van der Waals surface area (Å²) in [7, 11) is 0. The molecule has 0 spiro atoms. The zero-order chi connectivity index (χ0) is 30.2. The molecule has 2 amide bonds. The summed E-state index contributed by atoms with van der Waals surface area (Å²) in [6.45, 7) is 8.63. The second kappa shape index (κ2) is 15.0. The fourth-order valence-corrected chi connectivity index (χ4v) is 8.22. The van der Waals surface area contributed by atoms with Crippen LogP contribution < -0.4 is 10.6 Å². The fourth-order valence-electron chi connectivity index (χ4n) is 7.26. The molecule has 3 heterocycles. The Morgan fingerprint density at radius 3 is 2.39 bits per heavy atom. The lowest BCUT2D eigenvalue weighted by Crippen LogP contribution is -2.59. The standard InChI is InChI=1S/C36H48N4O3S/c41-34(33-26-30-11-4-5-13-32(30)44-33)38-36(16-6-7-17-36)35(42)37-31(25-28-9-2-1-3-10-28)12-8-18-39-19-21-40(22-20-39)27-29-14-23-43-24-15-29/h1-5,9-11,13,26,29,31H,6-8,12,14-25,27H2,(H,37,42)(H,38,41)/t31-/m0/s1. The van der Waals surface area contributed by atoms with Gasteiger partial charge in [0.15, 0.2) is 0 Å². The summed E-state index contributed by atoms with van der Waals surface area (Å²) in [6, 6.07) is 20.5. The quantitative estimate of drug-likeness (QED) is 0.281. The molecule has 3 fully saturated rings. The van der Waals surface area contributed by atoms with Crippen LogP contribution in [0.4, 0.5) is 0 Å². The molecule has 3 aromatic rings. The summed E-state index contributed by atoms with van der Waals surface area (Å²) < 4.78 is 6.63. The van der Waals surface area contributed by atoms with E-state index in [0.717, 1.165) is 94.0 Å². The Kier molecular flexibility index (Phi) is 10.6. The Morgan fingerprint density at radius 1 is 0.932 bits per heavy atom. The van der Waals surface area contributed by atoms with Gasteiger partial charge >= 0.3 is 0 Å². The minimum atomic E-state index is -0.844. The van der Waals surface area contributed by atoms with Crippen LogP contribution in [-0.2, 0) is 16.0 Å². The fraction of sp³-hybridized carbons (Fsp3) is 0.556. The van der Waals surface area contributed by atoms with Gasteiger partial charge in [0.25, 0.3) is 5.91 Å². The van der Waals surface area contributed by atoms with Gasteiger partial charge in [0, 0.05) is 56.7 Å². The van der Waals surface area contributed by atoms with E-state index in [-0.39, 0.29) is 17.9 Å². The number of fused-ring (bicyclic) bond motifs is 1. The molecule has 2 saturated heterocycles. The Hall–Kier alpha value is -2.78. The Bertz CT molecular complexity index is 1320. The van der Waals surface area contributed by atoms with Gasteiger partial charge in [-0.05, 0) is 80.5 Å². The molecule has 1 atom stereocenters. The van der Waals surface area contributed by atoms with Gasteiger partial charge in [-0.15, -0.1) is 11.3 Å². The molecule has 2 aromatic carbocycles. The van der Waals surface area contributed by atoms with Crippen molar-refractivity contribution in [2.45, 2.75) is 69.4 Å². The smallest absolute Gasteiger partial charge is 0.262 e. The molecule has 2 aliphatic heterocycles. The Balaban J connectivity index is 1.04. The third-order valence-electron chi connectivity index (χ3n) is 9.90. The van der Waals surface area contributed by atoms with Crippen LogP contribution in [0.2, 0.25) is 0 Å². The zero-order valence-electron chi connectivity index (χ0n) is 26.0. The van der Waals surface area contributed by atoms with E-state index < -0.39 is 5.54 Å². The number of thiophene rings is 1. The summed E-state index contributed by atoms with van der Waals surface area (Å²) in [4.78, 5) is 33.4. The topological polar surface area (TPSA) is 73.9 Å². The van der Waals surface area contributed by atoms with Crippen molar-refractivity contribution in [1.82, 2.24) is 20.4 Å². The van der Waals surface area contributed by atoms with E-state index in [1.165, 1.54) is 36.3 Å². The van der Waals surface area contributed by atoms with E-state index in [1.54, 1.807) is 0 Å². The molecule has 1 aliphatic carbocycles. The van der Waals surface area contributed by atoms with Crippen LogP contribution in [0.5, 0.6) is 0 Å². The summed E-state index contributed by atoms with van der Waals surface area (Å²) >= 11 is 1.49. The first kappa shape index (κ1) is 31.2. The maximum Gasteiger partial charge on any atom is 0.262 e. The zero-order valence-corrected chi connectivity index (χ0v) is 26.8. The molecule has 44 heavy (non-hydrogen) atoms. The Labute approximate surface area is 266 Å². The summed E-state index contributed by atoms with van der Waals surface area (Å²) in [5, 5.41) is 7.72. The van der Waals surface area contributed by atoms with E-state index in [0.29, 0.717) is 17.7 Å². The summed E-state index contributed by atoms with van der Waals surface area (Å²) in [5.41, 5.74) is 0.387. The van der Waals surface area contributed by atoms with Crippen molar-refractivity contribution in [3.05, 3.63) is 71.1 Å². The molecule has 1 saturated carbocycles. The maximum atomic E-state index is 14.0. The highest BCUT2D eigenvalue weighted by Crippen LogP contribution is 2.32. The lowest BCUT2D eigenvalue weighted by Gasteiger charge is -2.37. The monoisotopic (exact) mass is 616 g/mol. The molecular weight excluding hydrogens is 568 g/mol. The van der Waals surface area contributed by atoms with E-state index in [2.05, 4.69) is 44.7 Å². The van der Waals surface area contributed by atoms with Gasteiger partial charge in [0.2, 0.25) is 5.91 Å². The van der Waals surface area contributed by atoms with Gasteiger partial charge in [-0.3, -0.25) is 9.59 Å². The second-order valence-electron chi connectivity index (χ2n) is 13.1. The predicted molar refractivity (Wildman–Crippen MR) is 178 cm³/mol. The number of nitrogens with one attached hydrogen (secondary N) is 2. The van der Waals surface area contributed by atoms with E-state index in [1.807, 2.05) is 36.4 Å². The molecule has 3 aliphatic rings. The van der Waals surface area contributed by atoms with Gasteiger partial charge in [-0.2, -0.15) is 0 Å². The number of hydrogen-bond donors (Lipinski definition) is 2. The van der Waals surface area contributed by atoms with Crippen molar-refractivity contribution in [2.75, 3.05) is 52.5 Å².